The monoisotopic (exact) mass is 333 g/mol. The molecule has 3 rings (SSSR count). The van der Waals surface area contributed by atoms with Crippen LogP contribution in [-0.2, 0) is 4.79 Å². The highest BCUT2D eigenvalue weighted by Crippen LogP contribution is 2.29. The fourth-order valence-electron chi connectivity index (χ4n) is 2.70. The molecular weight excluding hydrogens is 314 g/mol. The largest absolute Gasteiger partial charge is 0.481 e. The van der Waals surface area contributed by atoms with Gasteiger partial charge in [0.05, 0.1) is 6.42 Å². The highest BCUT2D eigenvalue weighted by molar-refractivity contribution is 7.18. The van der Waals surface area contributed by atoms with Crippen molar-refractivity contribution in [2.24, 2.45) is 0 Å². The highest BCUT2D eigenvalue weighted by atomic mass is 32.1. The molecule has 0 amide bonds. The van der Waals surface area contributed by atoms with Crippen LogP contribution in [0.5, 0.6) is 0 Å². The van der Waals surface area contributed by atoms with Crippen LogP contribution >= 0.6 is 11.3 Å². The zero-order valence-electron chi connectivity index (χ0n) is 12.9. The van der Waals surface area contributed by atoms with Gasteiger partial charge in [-0.05, 0) is 19.1 Å². The molecule has 1 aliphatic rings. The standard InChI is InChI=1S/C15H19N5O2S/c1-11-10-19(7-5-13(21)22)8-9-20(11)15-18-17-14(23-15)12-4-2-3-6-16-12/h2-4,6,11H,5,7-10H2,1H3,(H,21,22). The Morgan fingerprint density at radius 3 is 2.96 bits per heavy atom. The molecule has 23 heavy (non-hydrogen) atoms. The zero-order chi connectivity index (χ0) is 16.2. The molecular formula is C15H19N5O2S. The summed E-state index contributed by atoms with van der Waals surface area (Å²) in [6.45, 7) is 5.25. The van der Waals surface area contributed by atoms with Gasteiger partial charge in [0.1, 0.15) is 5.69 Å². The van der Waals surface area contributed by atoms with E-state index in [4.69, 9.17) is 5.11 Å². The summed E-state index contributed by atoms with van der Waals surface area (Å²) in [4.78, 5) is 19.4. The summed E-state index contributed by atoms with van der Waals surface area (Å²) < 4.78 is 0. The van der Waals surface area contributed by atoms with Crippen molar-refractivity contribution in [1.82, 2.24) is 20.1 Å². The van der Waals surface area contributed by atoms with Crippen LogP contribution in [0, 0.1) is 0 Å². The van der Waals surface area contributed by atoms with E-state index >= 15 is 0 Å². The summed E-state index contributed by atoms with van der Waals surface area (Å²) in [7, 11) is 0. The maximum Gasteiger partial charge on any atom is 0.304 e. The number of rotatable bonds is 5. The number of hydrogen-bond acceptors (Lipinski definition) is 7. The summed E-state index contributed by atoms with van der Waals surface area (Å²) in [6, 6.07) is 6.02. The Kier molecular flexibility index (Phi) is 4.82. The second-order valence-corrected chi connectivity index (χ2v) is 6.55. The second kappa shape index (κ2) is 7.01. The topological polar surface area (TPSA) is 82.5 Å². The van der Waals surface area contributed by atoms with Gasteiger partial charge in [-0.1, -0.05) is 17.4 Å². The van der Waals surface area contributed by atoms with Crippen molar-refractivity contribution in [2.45, 2.75) is 19.4 Å². The van der Waals surface area contributed by atoms with Gasteiger partial charge < -0.3 is 10.0 Å². The van der Waals surface area contributed by atoms with Gasteiger partial charge >= 0.3 is 5.97 Å². The quantitative estimate of drug-likeness (QED) is 0.889. The maximum atomic E-state index is 10.7. The van der Waals surface area contributed by atoms with Crippen LogP contribution in [0.15, 0.2) is 24.4 Å². The van der Waals surface area contributed by atoms with Crippen LogP contribution in [0.2, 0.25) is 0 Å². The van der Waals surface area contributed by atoms with E-state index in [-0.39, 0.29) is 12.5 Å². The normalized spacial score (nSPS) is 19.0. The Bertz CT molecular complexity index is 663. The predicted octanol–water partition coefficient (Wildman–Crippen LogP) is 1.59. The van der Waals surface area contributed by atoms with E-state index in [1.807, 2.05) is 18.2 Å². The molecule has 0 aromatic carbocycles. The third-order valence-electron chi connectivity index (χ3n) is 3.90. The second-order valence-electron chi connectivity index (χ2n) is 5.59. The number of anilines is 1. The van der Waals surface area contributed by atoms with E-state index in [1.165, 1.54) is 0 Å². The number of carboxylic acid groups (broad SMARTS) is 1. The molecule has 1 N–H and O–H groups in total. The molecule has 0 spiro atoms. The van der Waals surface area contributed by atoms with Crippen molar-refractivity contribution in [3.8, 4) is 10.7 Å². The summed E-state index contributed by atoms with van der Waals surface area (Å²) in [5.41, 5.74) is 0.837. The van der Waals surface area contributed by atoms with Gasteiger partial charge in [0, 0.05) is 38.4 Å². The molecule has 3 heterocycles. The number of aromatic nitrogens is 3. The number of carbonyl (C=O) groups is 1. The first-order valence-corrected chi connectivity index (χ1v) is 8.41. The van der Waals surface area contributed by atoms with Crippen molar-refractivity contribution >= 4 is 22.4 Å². The molecule has 0 saturated carbocycles. The minimum absolute atomic E-state index is 0.190. The van der Waals surface area contributed by atoms with Crippen LogP contribution in [0.25, 0.3) is 10.7 Å². The molecule has 7 nitrogen and oxygen atoms in total. The molecule has 1 fully saturated rings. The third kappa shape index (κ3) is 3.83. The van der Waals surface area contributed by atoms with E-state index in [0.717, 1.165) is 35.5 Å². The van der Waals surface area contributed by atoms with Gasteiger partial charge in [0.2, 0.25) is 5.13 Å². The first-order chi connectivity index (χ1) is 11.1. The summed E-state index contributed by atoms with van der Waals surface area (Å²) >= 11 is 1.54. The summed E-state index contributed by atoms with van der Waals surface area (Å²) in [5, 5.41) is 19.1. The fourth-order valence-corrected chi connectivity index (χ4v) is 3.65. The Hall–Kier alpha value is -2.06. The Balaban J connectivity index is 1.64. The molecule has 1 saturated heterocycles. The molecule has 1 aliphatic heterocycles. The van der Waals surface area contributed by atoms with Crippen LogP contribution in [-0.4, -0.2) is 63.4 Å². The molecule has 0 bridgehead atoms. The molecule has 1 unspecified atom stereocenters. The van der Waals surface area contributed by atoms with E-state index < -0.39 is 5.97 Å². The van der Waals surface area contributed by atoms with Crippen LogP contribution in [0.4, 0.5) is 5.13 Å². The molecule has 1 atom stereocenters. The summed E-state index contributed by atoms with van der Waals surface area (Å²) in [5.74, 6) is -0.746. The number of pyridine rings is 1. The molecule has 0 radical (unpaired) electrons. The third-order valence-corrected chi connectivity index (χ3v) is 4.88. The van der Waals surface area contributed by atoms with Crippen LogP contribution in [0.1, 0.15) is 13.3 Å². The lowest BCUT2D eigenvalue weighted by molar-refractivity contribution is -0.137. The first kappa shape index (κ1) is 15.8. The van der Waals surface area contributed by atoms with E-state index in [0.29, 0.717) is 6.54 Å². The number of carboxylic acids is 1. The van der Waals surface area contributed by atoms with E-state index in [2.05, 4.69) is 31.9 Å². The zero-order valence-corrected chi connectivity index (χ0v) is 13.7. The fraction of sp³-hybridized carbons (Fsp3) is 0.467. The highest BCUT2D eigenvalue weighted by Gasteiger charge is 2.26. The first-order valence-electron chi connectivity index (χ1n) is 7.59. The Morgan fingerprint density at radius 2 is 2.26 bits per heavy atom. The van der Waals surface area contributed by atoms with Gasteiger partial charge in [0.15, 0.2) is 5.01 Å². The number of aliphatic carboxylic acids is 1. The summed E-state index contributed by atoms with van der Waals surface area (Å²) in [6.07, 6.45) is 1.94. The lowest BCUT2D eigenvalue weighted by atomic mass is 10.2. The van der Waals surface area contributed by atoms with E-state index in [1.54, 1.807) is 17.5 Å². The molecule has 8 heteroatoms. The lowest BCUT2D eigenvalue weighted by Gasteiger charge is -2.39. The Labute approximate surface area is 138 Å². The van der Waals surface area contributed by atoms with Crippen molar-refractivity contribution in [2.75, 3.05) is 31.1 Å². The average Bonchev–Trinajstić information content (AvgIpc) is 3.03. The van der Waals surface area contributed by atoms with Crippen LogP contribution < -0.4 is 4.90 Å². The van der Waals surface area contributed by atoms with Crippen molar-refractivity contribution in [1.29, 1.82) is 0 Å². The number of nitrogens with zero attached hydrogens (tertiary/aromatic N) is 5. The maximum absolute atomic E-state index is 10.7. The van der Waals surface area contributed by atoms with Gasteiger partial charge in [-0.2, -0.15) is 0 Å². The number of piperazine rings is 1. The lowest BCUT2D eigenvalue weighted by Crippen LogP contribution is -2.52. The minimum atomic E-state index is -0.746. The van der Waals surface area contributed by atoms with E-state index in [9.17, 15) is 4.79 Å². The molecule has 2 aromatic rings. The van der Waals surface area contributed by atoms with Crippen molar-refractivity contribution < 1.29 is 9.90 Å². The molecule has 122 valence electrons. The van der Waals surface area contributed by atoms with Gasteiger partial charge in [0.25, 0.3) is 0 Å². The van der Waals surface area contributed by atoms with Crippen LogP contribution in [0.3, 0.4) is 0 Å². The van der Waals surface area contributed by atoms with Gasteiger partial charge in [-0.3, -0.25) is 14.7 Å². The van der Waals surface area contributed by atoms with Crippen molar-refractivity contribution in [3.63, 3.8) is 0 Å². The minimum Gasteiger partial charge on any atom is -0.481 e. The average molecular weight is 333 g/mol. The Morgan fingerprint density at radius 1 is 1.39 bits per heavy atom. The molecule has 2 aromatic heterocycles. The van der Waals surface area contributed by atoms with Gasteiger partial charge in [-0.15, -0.1) is 10.2 Å². The SMILES string of the molecule is CC1CN(CCC(=O)O)CCN1c1nnc(-c2ccccn2)s1. The molecule has 0 aliphatic carbocycles. The van der Waals surface area contributed by atoms with Gasteiger partial charge in [-0.25, -0.2) is 0 Å². The van der Waals surface area contributed by atoms with Crippen molar-refractivity contribution in [3.05, 3.63) is 24.4 Å². The smallest absolute Gasteiger partial charge is 0.304 e. The predicted molar refractivity (Wildman–Crippen MR) is 88.6 cm³/mol. The number of hydrogen-bond donors (Lipinski definition) is 1.